The number of nitrogens with zero attached hydrogens (tertiary/aromatic N) is 2. The van der Waals surface area contributed by atoms with Gasteiger partial charge in [-0.1, -0.05) is 34.6 Å². The number of hydrogen-bond donors (Lipinski definition) is 1. The van der Waals surface area contributed by atoms with Crippen LogP contribution in [-0.2, 0) is 0 Å². The van der Waals surface area contributed by atoms with Gasteiger partial charge in [0.2, 0.25) is 0 Å². The first kappa shape index (κ1) is 17.9. The second-order valence-electron chi connectivity index (χ2n) is 5.15. The molecule has 0 amide bonds. The Morgan fingerprint density at radius 1 is 0.833 bits per heavy atom. The highest BCUT2D eigenvalue weighted by molar-refractivity contribution is 4.89. The lowest BCUT2D eigenvalue weighted by Gasteiger charge is -2.43. The van der Waals surface area contributed by atoms with E-state index in [0.717, 1.165) is 45.6 Å². The van der Waals surface area contributed by atoms with Crippen LogP contribution in [0.2, 0.25) is 0 Å². The molecule has 0 aromatic carbocycles. The third-order valence-electron chi connectivity index (χ3n) is 4.44. The molecule has 3 heteroatoms. The van der Waals surface area contributed by atoms with E-state index in [9.17, 15) is 0 Å². The second-order valence-corrected chi connectivity index (χ2v) is 5.15. The molecule has 0 saturated heterocycles. The van der Waals surface area contributed by atoms with Crippen LogP contribution in [0, 0.1) is 0 Å². The molecule has 3 nitrogen and oxygen atoms in total. The molecule has 0 aliphatic rings. The second kappa shape index (κ2) is 9.76. The number of nitrogens with two attached hydrogens (primary N) is 1. The van der Waals surface area contributed by atoms with E-state index in [1.54, 1.807) is 0 Å². The van der Waals surface area contributed by atoms with Gasteiger partial charge >= 0.3 is 0 Å². The van der Waals surface area contributed by atoms with Gasteiger partial charge in [0.05, 0.1) is 0 Å². The minimum atomic E-state index is 0.211. The van der Waals surface area contributed by atoms with Crippen LogP contribution in [-0.4, -0.2) is 54.6 Å². The average Bonchev–Trinajstić information content (AvgIpc) is 2.42. The highest BCUT2D eigenvalue weighted by atomic mass is 15.2. The summed E-state index contributed by atoms with van der Waals surface area (Å²) in [6.07, 6.45) is 3.51. The maximum atomic E-state index is 6.08. The molecule has 18 heavy (non-hydrogen) atoms. The van der Waals surface area contributed by atoms with Gasteiger partial charge in [-0.05, 0) is 38.9 Å². The van der Waals surface area contributed by atoms with Crippen LogP contribution in [0.3, 0.4) is 0 Å². The van der Waals surface area contributed by atoms with E-state index in [2.05, 4.69) is 44.4 Å². The van der Waals surface area contributed by atoms with Crippen molar-refractivity contribution in [2.24, 2.45) is 5.73 Å². The van der Waals surface area contributed by atoms with Crippen LogP contribution in [0.15, 0.2) is 0 Å². The van der Waals surface area contributed by atoms with Crippen molar-refractivity contribution in [1.29, 1.82) is 0 Å². The van der Waals surface area contributed by atoms with Crippen LogP contribution in [0.4, 0.5) is 0 Å². The van der Waals surface area contributed by atoms with Gasteiger partial charge in [0, 0.05) is 25.2 Å². The Hall–Kier alpha value is -0.120. The lowest BCUT2D eigenvalue weighted by molar-refractivity contribution is 0.0727. The molecular weight excluding hydrogens is 222 g/mol. The zero-order valence-electron chi connectivity index (χ0n) is 13.3. The first-order chi connectivity index (χ1) is 8.63. The summed E-state index contributed by atoms with van der Waals surface area (Å²) >= 11 is 0. The first-order valence-electron chi connectivity index (χ1n) is 7.81. The molecule has 0 saturated carbocycles. The zero-order chi connectivity index (χ0) is 14.0. The van der Waals surface area contributed by atoms with E-state index in [1.165, 1.54) is 13.0 Å². The zero-order valence-corrected chi connectivity index (χ0v) is 13.3. The highest BCUT2D eigenvalue weighted by Crippen LogP contribution is 2.23. The van der Waals surface area contributed by atoms with E-state index >= 15 is 0 Å². The lowest BCUT2D eigenvalue weighted by Crippen LogP contribution is -2.55. The summed E-state index contributed by atoms with van der Waals surface area (Å²) in [6.45, 7) is 17.8. The molecule has 2 N–H and O–H groups in total. The van der Waals surface area contributed by atoms with Crippen molar-refractivity contribution in [3.05, 3.63) is 0 Å². The highest BCUT2D eigenvalue weighted by Gasteiger charge is 2.31. The van der Waals surface area contributed by atoms with Crippen molar-refractivity contribution in [2.45, 2.75) is 59.4 Å². The Balaban J connectivity index is 4.61. The monoisotopic (exact) mass is 257 g/mol. The molecule has 0 unspecified atom stereocenters. The van der Waals surface area contributed by atoms with Crippen LogP contribution < -0.4 is 5.73 Å². The van der Waals surface area contributed by atoms with E-state index in [-0.39, 0.29) is 5.54 Å². The van der Waals surface area contributed by atoms with Gasteiger partial charge in [-0.3, -0.25) is 4.90 Å². The smallest absolute Gasteiger partial charge is 0.0327 e. The fraction of sp³-hybridized carbons (Fsp3) is 1.00. The molecule has 0 fully saturated rings. The van der Waals surface area contributed by atoms with Crippen molar-refractivity contribution in [2.75, 3.05) is 39.3 Å². The minimum Gasteiger partial charge on any atom is -0.329 e. The third-order valence-corrected chi connectivity index (χ3v) is 4.44. The number of likely N-dealkylation sites (N-methyl/N-ethyl adjacent to an activating group) is 1. The largest absolute Gasteiger partial charge is 0.329 e. The van der Waals surface area contributed by atoms with E-state index in [1.807, 2.05) is 0 Å². The predicted molar refractivity (Wildman–Crippen MR) is 82.0 cm³/mol. The van der Waals surface area contributed by atoms with Crippen LogP contribution in [0.5, 0.6) is 0 Å². The minimum absolute atomic E-state index is 0.211. The molecule has 0 aliphatic heterocycles. The van der Waals surface area contributed by atoms with Gasteiger partial charge in [0.15, 0.2) is 0 Å². The van der Waals surface area contributed by atoms with Crippen molar-refractivity contribution < 1.29 is 0 Å². The molecule has 110 valence electrons. The normalized spacial score (nSPS) is 12.7. The molecule has 0 aromatic heterocycles. The molecule has 0 spiro atoms. The Kier molecular flexibility index (Phi) is 9.70. The Morgan fingerprint density at radius 2 is 1.39 bits per heavy atom. The maximum absolute atomic E-state index is 6.08. The molecule has 0 heterocycles. The van der Waals surface area contributed by atoms with Gasteiger partial charge in [-0.25, -0.2) is 0 Å². The Labute approximate surface area is 115 Å². The Morgan fingerprint density at radius 3 is 1.72 bits per heavy atom. The average molecular weight is 257 g/mol. The topological polar surface area (TPSA) is 32.5 Å². The lowest BCUT2D eigenvalue weighted by atomic mass is 9.90. The van der Waals surface area contributed by atoms with Crippen molar-refractivity contribution in [3.63, 3.8) is 0 Å². The predicted octanol–water partition coefficient (Wildman–Crippen LogP) is 2.56. The van der Waals surface area contributed by atoms with E-state index in [4.69, 9.17) is 5.73 Å². The van der Waals surface area contributed by atoms with E-state index in [0.29, 0.717) is 0 Å². The molecule has 0 atom stereocenters. The van der Waals surface area contributed by atoms with Crippen LogP contribution >= 0.6 is 0 Å². The van der Waals surface area contributed by atoms with Gasteiger partial charge in [0.1, 0.15) is 0 Å². The first-order valence-corrected chi connectivity index (χ1v) is 7.81. The molecule has 0 radical (unpaired) electrons. The van der Waals surface area contributed by atoms with Crippen molar-refractivity contribution >= 4 is 0 Å². The fourth-order valence-electron chi connectivity index (χ4n) is 2.77. The standard InChI is InChI=1S/C15H35N3/c1-6-11-18(13-12-17(9-4)10-5)15(7-2,8-3)14-16/h6-14,16H2,1-5H3. The Bertz CT molecular complexity index is 178. The van der Waals surface area contributed by atoms with E-state index < -0.39 is 0 Å². The van der Waals surface area contributed by atoms with Gasteiger partial charge in [-0.2, -0.15) is 0 Å². The third kappa shape index (κ3) is 4.87. The molecule has 0 bridgehead atoms. The van der Waals surface area contributed by atoms with Crippen molar-refractivity contribution in [1.82, 2.24) is 9.80 Å². The molecule has 0 aromatic rings. The molecule has 0 aliphatic carbocycles. The quantitative estimate of drug-likeness (QED) is 0.617. The van der Waals surface area contributed by atoms with Crippen molar-refractivity contribution in [3.8, 4) is 0 Å². The molecular formula is C15H35N3. The summed E-state index contributed by atoms with van der Waals surface area (Å²) in [7, 11) is 0. The van der Waals surface area contributed by atoms with Crippen LogP contribution in [0.25, 0.3) is 0 Å². The summed E-state index contributed by atoms with van der Waals surface area (Å²) in [4.78, 5) is 5.13. The summed E-state index contributed by atoms with van der Waals surface area (Å²) in [5.41, 5.74) is 6.29. The SMILES string of the molecule is CCCN(CCN(CC)CC)C(CC)(CC)CN. The summed E-state index contributed by atoms with van der Waals surface area (Å²) in [5, 5.41) is 0. The van der Waals surface area contributed by atoms with Gasteiger partial charge in [-0.15, -0.1) is 0 Å². The summed E-state index contributed by atoms with van der Waals surface area (Å²) in [6, 6.07) is 0. The number of rotatable bonds is 11. The molecule has 0 rings (SSSR count). The van der Waals surface area contributed by atoms with Gasteiger partial charge < -0.3 is 10.6 Å². The summed E-state index contributed by atoms with van der Waals surface area (Å²) < 4.78 is 0. The maximum Gasteiger partial charge on any atom is 0.0327 e. The van der Waals surface area contributed by atoms with Gasteiger partial charge in [0.25, 0.3) is 0 Å². The fourth-order valence-corrected chi connectivity index (χ4v) is 2.77. The number of hydrogen-bond acceptors (Lipinski definition) is 3. The van der Waals surface area contributed by atoms with Crippen LogP contribution in [0.1, 0.15) is 53.9 Å². The summed E-state index contributed by atoms with van der Waals surface area (Å²) in [5.74, 6) is 0.